The van der Waals surface area contributed by atoms with Crippen molar-refractivity contribution in [1.82, 2.24) is 15.0 Å². The van der Waals surface area contributed by atoms with Crippen LogP contribution in [-0.2, 0) is 9.59 Å². The fraction of sp³-hybridized carbons (Fsp3) is 0.158. The maximum atomic E-state index is 11.4. The van der Waals surface area contributed by atoms with Gasteiger partial charge in [-0.2, -0.15) is 0 Å². The molecule has 27 heavy (non-hydrogen) atoms. The van der Waals surface area contributed by atoms with Crippen LogP contribution in [0.25, 0.3) is 16.9 Å². The van der Waals surface area contributed by atoms with Crippen molar-refractivity contribution in [2.45, 2.75) is 13.8 Å². The number of ether oxygens (including phenoxy) is 3. The third-order valence-corrected chi connectivity index (χ3v) is 3.58. The van der Waals surface area contributed by atoms with Crippen molar-refractivity contribution >= 4 is 11.9 Å². The molecular formula is C19H17N3O5. The van der Waals surface area contributed by atoms with Gasteiger partial charge in [-0.1, -0.05) is 11.3 Å². The molecule has 0 N–H and O–H groups in total. The number of benzene rings is 2. The van der Waals surface area contributed by atoms with Gasteiger partial charge in [0.1, 0.15) is 22.9 Å². The second kappa shape index (κ2) is 7.69. The smallest absolute Gasteiger partial charge is 0.308 e. The normalized spacial score (nSPS) is 10.3. The van der Waals surface area contributed by atoms with Crippen LogP contribution in [-0.4, -0.2) is 34.0 Å². The number of esters is 2. The lowest BCUT2D eigenvalue weighted by Crippen LogP contribution is -2.06. The van der Waals surface area contributed by atoms with E-state index in [4.69, 9.17) is 14.2 Å². The Labute approximate surface area is 155 Å². The van der Waals surface area contributed by atoms with Crippen molar-refractivity contribution in [3.63, 3.8) is 0 Å². The summed E-state index contributed by atoms with van der Waals surface area (Å²) in [5.41, 5.74) is 1.51. The van der Waals surface area contributed by atoms with Crippen molar-refractivity contribution < 1.29 is 23.8 Å². The van der Waals surface area contributed by atoms with E-state index in [1.165, 1.54) is 13.8 Å². The molecule has 0 fully saturated rings. The molecule has 0 amide bonds. The molecule has 0 saturated carbocycles. The van der Waals surface area contributed by atoms with Gasteiger partial charge in [0.15, 0.2) is 0 Å². The molecule has 1 heterocycles. The highest BCUT2D eigenvalue weighted by molar-refractivity contribution is 5.81. The average Bonchev–Trinajstić information content (AvgIpc) is 3.10. The molecule has 0 aliphatic heterocycles. The summed E-state index contributed by atoms with van der Waals surface area (Å²) in [6.45, 7) is 2.58. The van der Waals surface area contributed by atoms with Crippen molar-refractivity contribution in [2.24, 2.45) is 0 Å². The van der Waals surface area contributed by atoms with E-state index in [1.54, 1.807) is 48.3 Å². The molecule has 0 aliphatic rings. The van der Waals surface area contributed by atoms with Crippen LogP contribution in [0.5, 0.6) is 17.2 Å². The number of hydrogen-bond donors (Lipinski definition) is 0. The average molecular weight is 367 g/mol. The Morgan fingerprint density at radius 1 is 0.926 bits per heavy atom. The molecule has 3 rings (SSSR count). The number of rotatable bonds is 5. The summed E-state index contributed by atoms with van der Waals surface area (Å²) in [4.78, 5) is 22.9. The first kappa shape index (κ1) is 18.1. The van der Waals surface area contributed by atoms with Gasteiger partial charge in [0.05, 0.1) is 24.6 Å². The first-order valence-electron chi connectivity index (χ1n) is 8.05. The van der Waals surface area contributed by atoms with E-state index in [-0.39, 0.29) is 11.5 Å². The van der Waals surface area contributed by atoms with Gasteiger partial charge >= 0.3 is 11.9 Å². The van der Waals surface area contributed by atoms with Gasteiger partial charge in [0.25, 0.3) is 0 Å². The molecule has 8 heteroatoms. The number of aromatic nitrogens is 3. The Hall–Kier alpha value is -3.68. The summed E-state index contributed by atoms with van der Waals surface area (Å²) in [5, 5.41) is 8.24. The van der Waals surface area contributed by atoms with Gasteiger partial charge in [-0.05, 0) is 36.4 Å². The minimum absolute atomic E-state index is 0.225. The van der Waals surface area contributed by atoms with E-state index in [2.05, 4.69) is 10.3 Å². The number of carbonyl (C=O) groups excluding carboxylic acids is 2. The van der Waals surface area contributed by atoms with Crippen LogP contribution >= 0.6 is 0 Å². The highest BCUT2D eigenvalue weighted by Gasteiger charge is 2.19. The zero-order valence-corrected chi connectivity index (χ0v) is 15.0. The first-order chi connectivity index (χ1) is 13.0. The molecule has 0 aliphatic carbocycles. The van der Waals surface area contributed by atoms with Crippen LogP contribution in [0.3, 0.4) is 0 Å². The van der Waals surface area contributed by atoms with Gasteiger partial charge in [-0.15, -0.1) is 5.10 Å². The Bertz CT molecular complexity index is 945. The van der Waals surface area contributed by atoms with Gasteiger partial charge in [0.2, 0.25) is 0 Å². The standard InChI is InChI=1S/C19H17N3O5/c1-12(23)26-17-5-4-6-18(27-13(2)24)19(17)16-11-22(21-20-16)14-7-9-15(25-3)10-8-14/h4-11H,1-3H3. The third kappa shape index (κ3) is 4.12. The van der Waals surface area contributed by atoms with Gasteiger partial charge < -0.3 is 14.2 Å². The number of nitrogens with zero attached hydrogens (tertiary/aromatic N) is 3. The highest BCUT2D eigenvalue weighted by Crippen LogP contribution is 2.37. The van der Waals surface area contributed by atoms with Crippen molar-refractivity contribution in [2.75, 3.05) is 7.11 Å². The summed E-state index contributed by atoms with van der Waals surface area (Å²) in [5.74, 6) is 0.167. The number of carbonyl (C=O) groups is 2. The van der Waals surface area contributed by atoms with Crippen LogP contribution in [0.2, 0.25) is 0 Å². The Balaban J connectivity index is 2.05. The fourth-order valence-corrected chi connectivity index (χ4v) is 2.48. The Morgan fingerprint density at radius 2 is 1.52 bits per heavy atom. The summed E-state index contributed by atoms with van der Waals surface area (Å²) < 4.78 is 17.2. The molecule has 1 aromatic heterocycles. The first-order valence-corrected chi connectivity index (χ1v) is 8.05. The van der Waals surface area contributed by atoms with Crippen molar-refractivity contribution in [1.29, 1.82) is 0 Å². The molecule has 0 saturated heterocycles. The predicted molar refractivity (Wildman–Crippen MR) is 96.0 cm³/mol. The number of hydrogen-bond acceptors (Lipinski definition) is 7. The maximum Gasteiger partial charge on any atom is 0.308 e. The molecule has 138 valence electrons. The second-order valence-electron chi connectivity index (χ2n) is 5.56. The summed E-state index contributed by atoms with van der Waals surface area (Å²) in [6, 6.07) is 12.0. The zero-order valence-electron chi connectivity index (χ0n) is 15.0. The predicted octanol–water partition coefficient (Wildman–Crippen LogP) is 2.79. The second-order valence-corrected chi connectivity index (χ2v) is 5.56. The topological polar surface area (TPSA) is 92.5 Å². The van der Waals surface area contributed by atoms with E-state index in [1.807, 2.05) is 12.1 Å². The molecule has 0 bridgehead atoms. The molecule has 0 unspecified atom stereocenters. The monoisotopic (exact) mass is 367 g/mol. The zero-order chi connectivity index (χ0) is 19.4. The van der Waals surface area contributed by atoms with Crippen LogP contribution in [0.1, 0.15) is 13.8 Å². The van der Waals surface area contributed by atoms with Crippen LogP contribution < -0.4 is 14.2 Å². The summed E-state index contributed by atoms with van der Waals surface area (Å²) in [6.07, 6.45) is 1.65. The Kier molecular flexibility index (Phi) is 5.16. The lowest BCUT2D eigenvalue weighted by Gasteiger charge is -2.11. The van der Waals surface area contributed by atoms with Gasteiger partial charge in [0, 0.05) is 13.8 Å². The minimum atomic E-state index is -0.501. The Morgan fingerprint density at radius 3 is 2.04 bits per heavy atom. The molecule has 2 aromatic carbocycles. The van der Waals surface area contributed by atoms with Crippen molar-refractivity contribution in [3.05, 3.63) is 48.7 Å². The van der Waals surface area contributed by atoms with Crippen LogP contribution in [0.4, 0.5) is 0 Å². The number of methoxy groups -OCH3 is 1. The highest BCUT2D eigenvalue weighted by atomic mass is 16.5. The maximum absolute atomic E-state index is 11.4. The van der Waals surface area contributed by atoms with Gasteiger partial charge in [-0.25, -0.2) is 4.68 Å². The molecule has 8 nitrogen and oxygen atoms in total. The molecule has 0 atom stereocenters. The quantitative estimate of drug-likeness (QED) is 0.506. The van der Waals surface area contributed by atoms with Crippen LogP contribution in [0.15, 0.2) is 48.7 Å². The van der Waals surface area contributed by atoms with Gasteiger partial charge in [-0.3, -0.25) is 9.59 Å². The fourth-order valence-electron chi connectivity index (χ4n) is 2.48. The lowest BCUT2D eigenvalue weighted by atomic mass is 10.1. The van der Waals surface area contributed by atoms with Crippen molar-refractivity contribution in [3.8, 4) is 34.2 Å². The summed E-state index contributed by atoms with van der Waals surface area (Å²) >= 11 is 0. The van der Waals surface area contributed by atoms with Crippen LogP contribution in [0, 0.1) is 0 Å². The van der Waals surface area contributed by atoms with E-state index in [9.17, 15) is 9.59 Å². The molecule has 0 spiro atoms. The van der Waals surface area contributed by atoms with E-state index in [0.29, 0.717) is 11.3 Å². The van der Waals surface area contributed by atoms with E-state index >= 15 is 0 Å². The largest absolute Gasteiger partial charge is 0.497 e. The van der Waals surface area contributed by atoms with E-state index < -0.39 is 11.9 Å². The molecule has 3 aromatic rings. The molecule has 0 radical (unpaired) electrons. The molecular weight excluding hydrogens is 350 g/mol. The van der Waals surface area contributed by atoms with E-state index in [0.717, 1.165) is 11.4 Å². The third-order valence-electron chi connectivity index (χ3n) is 3.58. The SMILES string of the molecule is COc1ccc(-n2cc(-c3c(OC(C)=O)cccc3OC(C)=O)nn2)cc1. The lowest BCUT2D eigenvalue weighted by molar-refractivity contribution is -0.132. The summed E-state index contributed by atoms with van der Waals surface area (Å²) in [7, 11) is 1.59. The minimum Gasteiger partial charge on any atom is -0.497 e.